The molecule has 0 saturated heterocycles. The van der Waals surface area contributed by atoms with E-state index in [-0.39, 0.29) is 16.5 Å². The van der Waals surface area contributed by atoms with Gasteiger partial charge in [-0.3, -0.25) is 4.79 Å². The molecule has 0 aliphatic carbocycles. The largest absolute Gasteiger partial charge is 0.332 e. The molecule has 27 heavy (non-hydrogen) atoms. The second-order valence-corrected chi connectivity index (χ2v) is 9.11. The van der Waals surface area contributed by atoms with Gasteiger partial charge in [-0.2, -0.15) is 0 Å². The van der Waals surface area contributed by atoms with Gasteiger partial charge in [-0.25, -0.2) is 13.4 Å². The van der Waals surface area contributed by atoms with Crippen LogP contribution in [0.1, 0.15) is 16.1 Å². The standard InChI is InChI=1S/C18H16ClN3O3S2/c1-11-14(19)4-3-5-15(11)21-17(23)16-10-26-18(22-16)20-12-6-8-13(9-7-12)27(2,24)25/h3-10H,1-2H3,(H,20,22)(H,21,23). The second-order valence-electron chi connectivity index (χ2n) is 5.83. The van der Waals surface area contributed by atoms with E-state index in [9.17, 15) is 13.2 Å². The highest BCUT2D eigenvalue weighted by atomic mass is 35.5. The van der Waals surface area contributed by atoms with E-state index in [1.165, 1.54) is 23.5 Å². The fraction of sp³-hybridized carbons (Fsp3) is 0.111. The van der Waals surface area contributed by atoms with Gasteiger partial charge in [0.25, 0.3) is 5.91 Å². The normalized spacial score (nSPS) is 11.2. The van der Waals surface area contributed by atoms with Crippen molar-refractivity contribution in [1.82, 2.24) is 4.98 Å². The first-order valence-corrected chi connectivity index (χ1v) is 11.0. The van der Waals surface area contributed by atoms with Crippen LogP contribution in [-0.2, 0) is 9.84 Å². The topological polar surface area (TPSA) is 88.2 Å². The zero-order valence-corrected chi connectivity index (χ0v) is 16.9. The quantitative estimate of drug-likeness (QED) is 0.633. The van der Waals surface area contributed by atoms with E-state index in [1.54, 1.807) is 35.7 Å². The molecule has 140 valence electrons. The smallest absolute Gasteiger partial charge is 0.275 e. The SMILES string of the molecule is Cc1c(Cl)cccc1NC(=O)c1csc(Nc2ccc(S(C)(=O)=O)cc2)n1. The molecule has 1 heterocycles. The number of aromatic nitrogens is 1. The summed E-state index contributed by atoms with van der Waals surface area (Å²) < 4.78 is 23.0. The van der Waals surface area contributed by atoms with E-state index in [0.717, 1.165) is 11.8 Å². The lowest BCUT2D eigenvalue weighted by Gasteiger charge is -2.08. The number of hydrogen-bond acceptors (Lipinski definition) is 6. The fourth-order valence-electron chi connectivity index (χ4n) is 2.27. The molecule has 9 heteroatoms. The Balaban J connectivity index is 1.71. The van der Waals surface area contributed by atoms with E-state index in [1.807, 2.05) is 6.92 Å². The molecular formula is C18H16ClN3O3S2. The van der Waals surface area contributed by atoms with Crippen LogP contribution in [0.3, 0.4) is 0 Å². The number of halogens is 1. The van der Waals surface area contributed by atoms with Crippen molar-refractivity contribution in [3.63, 3.8) is 0 Å². The lowest BCUT2D eigenvalue weighted by atomic mass is 10.2. The van der Waals surface area contributed by atoms with E-state index >= 15 is 0 Å². The van der Waals surface area contributed by atoms with Gasteiger partial charge in [0.2, 0.25) is 0 Å². The molecule has 0 aliphatic heterocycles. The summed E-state index contributed by atoms with van der Waals surface area (Å²) >= 11 is 7.34. The number of benzene rings is 2. The van der Waals surface area contributed by atoms with Gasteiger partial charge in [0.05, 0.1) is 4.90 Å². The van der Waals surface area contributed by atoms with Crippen LogP contribution in [0, 0.1) is 6.92 Å². The Morgan fingerprint density at radius 3 is 2.52 bits per heavy atom. The number of nitrogens with zero attached hydrogens (tertiary/aromatic N) is 1. The summed E-state index contributed by atoms with van der Waals surface area (Å²) in [5, 5.41) is 8.59. The molecule has 0 bridgehead atoms. The zero-order chi connectivity index (χ0) is 19.6. The number of rotatable bonds is 5. The predicted octanol–water partition coefficient (Wildman–Crippen LogP) is 4.50. The van der Waals surface area contributed by atoms with Crippen LogP contribution in [0.5, 0.6) is 0 Å². The number of thiazole rings is 1. The van der Waals surface area contributed by atoms with Gasteiger partial charge in [0, 0.05) is 28.0 Å². The molecule has 0 radical (unpaired) electrons. The van der Waals surface area contributed by atoms with Gasteiger partial charge in [0.15, 0.2) is 15.0 Å². The number of anilines is 3. The molecule has 3 rings (SSSR count). The lowest BCUT2D eigenvalue weighted by molar-refractivity contribution is 0.102. The van der Waals surface area contributed by atoms with Crippen molar-refractivity contribution in [2.24, 2.45) is 0 Å². The van der Waals surface area contributed by atoms with Gasteiger partial charge < -0.3 is 10.6 Å². The molecule has 2 aromatic carbocycles. The summed E-state index contributed by atoms with van der Waals surface area (Å²) in [7, 11) is -3.24. The molecule has 2 N–H and O–H groups in total. The molecule has 1 amide bonds. The van der Waals surface area contributed by atoms with Crippen LogP contribution in [0.4, 0.5) is 16.5 Å². The van der Waals surface area contributed by atoms with E-state index in [0.29, 0.717) is 21.5 Å². The Hall–Kier alpha value is -2.42. The van der Waals surface area contributed by atoms with Crippen LogP contribution >= 0.6 is 22.9 Å². The van der Waals surface area contributed by atoms with E-state index < -0.39 is 9.84 Å². The van der Waals surface area contributed by atoms with E-state index in [4.69, 9.17) is 11.6 Å². The molecule has 6 nitrogen and oxygen atoms in total. The number of sulfone groups is 1. The molecule has 0 atom stereocenters. The monoisotopic (exact) mass is 421 g/mol. The molecular weight excluding hydrogens is 406 g/mol. The summed E-state index contributed by atoms with van der Waals surface area (Å²) in [5.41, 5.74) is 2.36. The highest BCUT2D eigenvalue weighted by molar-refractivity contribution is 7.90. The van der Waals surface area contributed by atoms with Crippen molar-refractivity contribution >= 4 is 55.2 Å². The Labute approximate surface area is 166 Å². The summed E-state index contributed by atoms with van der Waals surface area (Å²) in [4.78, 5) is 16.9. The Morgan fingerprint density at radius 1 is 1.15 bits per heavy atom. The number of nitrogens with one attached hydrogen (secondary N) is 2. The Morgan fingerprint density at radius 2 is 1.85 bits per heavy atom. The minimum absolute atomic E-state index is 0.240. The highest BCUT2D eigenvalue weighted by Gasteiger charge is 2.13. The van der Waals surface area contributed by atoms with Gasteiger partial charge in [0.1, 0.15) is 5.69 Å². The van der Waals surface area contributed by atoms with Crippen molar-refractivity contribution in [2.45, 2.75) is 11.8 Å². The first-order valence-electron chi connectivity index (χ1n) is 7.83. The lowest BCUT2D eigenvalue weighted by Crippen LogP contribution is -2.13. The maximum Gasteiger partial charge on any atom is 0.275 e. The average molecular weight is 422 g/mol. The molecule has 0 spiro atoms. The first-order chi connectivity index (χ1) is 12.7. The number of carbonyl (C=O) groups excluding carboxylic acids is 1. The predicted molar refractivity (Wildman–Crippen MR) is 109 cm³/mol. The van der Waals surface area contributed by atoms with Gasteiger partial charge in [-0.15, -0.1) is 11.3 Å². The number of amides is 1. The van der Waals surface area contributed by atoms with E-state index in [2.05, 4.69) is 15.6 Å². The van der Waals surface area contributed by atoms with Crippen LogP contribution in [-0.4, -0.2) is 25.6 Å². The maximum atomic E-state index is 12.4. The third kappa shape index (κ3) is 4.65. The third-order valence-electron chi connectivity index (χ3n) is 3.79. The summed E-state index contributed by atoms with van der Waals surface area (Å²) in [6, 6.07) is 11.6. The van der Waals surface area contributed by atoms with Gasteiger partial charge in [-0.05, 0) is 48.9 Å². The molecule has 1 aromatic heterocycles. The van der Waals surface area contributed by atoms with Gasteiger partial charge in [-0.1, -0.05) is 17.7 Å². The van der Waals surface area contributed by atoms with Crippen LogP contribution in [0.25, 0.3) is 0 Å². The van der Waals surface area contributed by atoms with Crippen LogP contribution in [0.15, 0.2) is 52.7 Å². The van der Waals surface area contributed by atoms with Crippen molar-refractivity contribution in [3.05, 3.63) is 64.1 Å². The molecule has 0 saturated carbocycles. The summed E-state index contributed by atoms with van der Waals surface area (Å²) in [6.07, 6.45) is 1.16. The van der Waals surface area contributed by atoms with Gasteiger partial charge >= 0.3 is 0 Å². The van der Waals surface area contributed by atoms with Crippen LogP contribution < -0.4 is 10.6 Å². The number of hydrogen-bond donors (Lipinski definition) is 2. The minimum Gasteiger partial charge on any atom is -0.332 e. The van der Waals surface area contributed by atoms with Crippen molar-refractivity contribution in [2.75, 3.05) is 16.9 Å². The highest BCUT2D eigenvalue weighted by Crippen LogP contribution is 2.25. The molecule has 3 aromatic rings. The second kappa shape index (κ2) is 7.67. The zero-order valence-electron chi connectivity index (χ0n) is 14.5. The third-order valence-corrected chi connectivity index (χ3v) is 6.08. The molecule has 0 aliphatic rings. The average Bonchev–Trinajstić information content (AvgIpc) is 3.07. The Kier molecular flexibility index (Phi) is 5.50. The number of carbonyl (C=O) groups is 1. The minimum atomic E-state index is -3.24. The summed E-state index contributed by atoms with van der Waals surface area (Å²) in [6.45, 7) is 1.83. The maximum absolute atomic E-state index is 12.4. The fourth-order valence-corrected chi connectivity index (χ4v) is 3.79. The van der Waals surface area contributed by atoms with Crippen molar-refractivity contribution < 1.29 is 13.2 Å². The Bertz CT molecular complexity index is 1090. The summed E-state index contributed by atoms with van der Waals surface area (Å²) in [5.74, 6) is -0.336. The molecule has 0 fully saturated rings. The van der Waals surface area contributed by atoms with Crippen molar-refractivity contribution in [1.29, 1.82) is 0 Å². The first kappa shape index (κ1) is 19.3. The van der Waals surface area contributed by atoms with Crippen LogP contribution in [0.2, 0.25) is 5.02 Å². The van der Waals surface area contributed by atoms with Crippen molar-refractivity contribution in [3.8, 4) is 0 Å². The molecule has 0 unspecified atom stereocenters.